The Kier molecular flexibility index (Phi) is 4.45. The lowest BCUT2D eigenvalue weighted by molar-refractivity contribution is 0.583. The summed E-state index contributed by atoms with van der Waals surface area (Å²) in [4.78, 5) is 4.45. The van der Waals surface area contributed by atoms with Crippen molar-refractivity contribution in [1.82, 2.24) is 24.5 Å². The van der Waals surface area contributed by atoms with Crippen molar-refractivity contribution < 1.29 is 8.42 Å². The van der Waals surface area contributed by atoms with E-state index in [-0.39, 0.29) is 11.4 Å². The van der Waals surface area contributed by atoms with Crippen molar-refractivity contribution in [2.45, 2.75) is 18.7 Å². The summed E-state index contributed by atoms with van der Waals surface area (Å²) in [5.41, 5.74) is 1.68. The molecule has 0 fully saturated rings. The molecule has 0 saturated carbocycles. The standard InChI is InChI=1S/C15H18N6O2S/c1-11-3-5-13(6-4-11)24(22,23)17-10-9-16-14-7-8-15-18-12(2)19-21(15)20-14/h3-8,17H,9-10H2,1-2H3,(H,16,20). The summed E-state index contributed by atoms with van der Waals surface area (Å²) in [6.07, 6.45) is 0. The van der Waals surface area contributed by atoms with Crippen molar-refractivity contribution in [3.8, 4) is 0 Å². The number of benzene rings is 1. The fourth-order valence-electron chi connectivity index (χ4n) is 2.16. The average Bonchev–Trinajstić information content (AvgIpc) is 2.91. The molecule has 0 unspecified atom stereocenters. The van der Waals surface area contributed by atoms with E-state index in [4.69, 9.17) is 0 Å². The van der Waals surface area contributed by atoms with E-state index >= 15 is 0 Å². The van der Waals surface area contributed by atoms with E-state index in [1.165, 1.54) is 4.63 Å². The van der Waals surface area contributed by atoms with Crippen LogP contribution in [0.4, 0.5) is 5.82 Å². The minimum Gasteiger partial charge on any atom is -0.367 e. The molecule has 0 aliphatic heterocycles. The minimum absolute atomic E-state index is 0.242. The van der Waals surface area contributed by atoms with Crippen molar-refractivity contribution in [3.05, 3.63) is 47.8 Å². The normalized spacial score (nSPS) is 11.8. The Morgan fingerprint density at radius 3 is 2.50 bits per heavy atom. The fraction of sp³-hybridized carbons (Fsp3) is 0.267. The molecule has 3 aromatic rings. The fourth-order valence-corrected chi connectivity index (χ4v) is 3.19. The molecule has 0 radical (unpaired) electrons. The second-order valence-corrected chi connectivity index (χ2v) is 7.13. The average molecular weight is 346 g/mol. The third kappa shape index (κ3) is 3.69. The van der Waals surface area contributed by atoms with E-state index in [9.17, 15) is 8.42 Å². The van der Waals surface area contributed by atoms with Crippen molar-refractivity contribution in [3.63, 3.8) is 0 Å². The third-order valence-electron chi connectivity index (χ3n) is 3.37. The van der Waals surface area contributed by atoms with Gasteiger partial charge >= 0.3 is 0 Å². The maximum Gasteiger partial charge on any atom is 0.240 e. The van der Waals surface area contributed by atoms with Crippen LogP contribution in [0.1, 0.15) is 11.4 Å². The van der Waals surface area contributed by atoms with E-state index in [1.54, 1.807) is 43.3 Å². The molecule has 0 aliphatic rings. The summed E-state index contributed by atoms with van der Waals surface area (Å²) in [5.74, 6) is 1.24. The Morgan fingerprint density at radius 2 is 1.75 bits per heavy atom. The smallest absolute Gasteiger partial charge is 0.240 e. The molecule has 1 aromatic carbocycles. The second-order valence-electron chi connectivity index (χ2n) is 5.36. The van der Waals surface area contributed by atoms with Crippen LogP contribution in [0.2, 0.25) is 0 Å². The van der Waals surface area contributed by atoms with E-state index < -0.39 is 10.0 Å². The molecular formula is C15H18N6O2S. The summed E-state index contributed by atoms with van der Waals surface area (Å²) < 4.78 is 28.3. The van der Waals surface area contributed by atoms with Gasteiger partial charge in [0.05, 0.1) is 4.90 Å². The number of rotatable bonds is 6. The number of aromatic nitrogens is 4. The molecule has 0 bridgehead atoms. The van der Waals surface area contributed by atoms with Gasteiger partial charge in [-0.25, -0.2) is 18.1 Å². The van der Waals surface area contributed by atoms with Gasteiger partial charge in [0.25, 0.3) is 0 Å². The highest BCUT2D eigenvalue weighted by atomic mass is 32.2. The van der Waals surface area contributed by atoms with Crippen LogP contribution in [0.3, 0.4) is 0 Å². The van der Waals surface area contributed by atoms with Gasteiger partial charge in [-0.15, -0.1) is 14.8 Å². The van der Waals surface area contributed by atoms with E-state index in [0.717, 1.165) is 5.56 Å². The third-order valence-corrected chi connectivity index (χ3v) is 4.84. The van der Waals surface area contributed by atoms with Gasteiger partial charge in [-0.05, 0) is 38.1 Å². The molecule has 24 heavy (non-hydrogen) atoms. The summed E-state index contributed by atoms with van der Waals surface area (Å²) in [5, 5.41) is 11.4. The molecule has 0 saturated heterocycles. The highest BCUT2D eigenvalue weighted by Gasteiger charge is 2.12. The molecule has 9 heteroatoms. The Hall–Kier alpha value is -2.52. The highest BCUT2D eigenvalue weighted by Crippen LogP contribution is 2.09. The molecule has 0 spiro atoms. The number of fused-ring (bicyclic) bond motifs is 1. The van der Waals surface area contributed by atoms with E-state index in [1.807, 2.05) is 6.92 Å². The van der Waals surface area contributed by atoms with Crippen molar-refractivity contribution in [2.24, 2.45) is 0 Å². The number of aryl methyl sites for hydroxylation is 2. The van der Waals surface area contributed by atoms with Crippen molar-refractivity contribution in [1.29, 1.82) is 0 Å². The first kappa shape index (κ1) is 16.3. The van der Waals surface area contributed by atoms with Gasteiger partial charge in [0.15, 0.2) is 5.65 Å². The minimum atomic E-state index is -3.50. The number of sulfonamides is 1. The molecule has 126 valence electrons. The summed E-state index contributed by atoms with van der Waals surface area (Å²) >= 11 is 0. The van der Waals surface area contributed by atoms with Gasteiger partial charge < -0.3 is 5.32 Å². The first-order valence-electron chi connectivity index (χ1n) is 7.45. The van der Waals surface area contributed by atoms with Crippen LogP contribution in [0.5, 0.6) is 0 Å². The molecular weight excluding hydrogens is 328 g/mol. The van der Waals surface area contributed by atoms with Crippen LogP contribution >= 0.6 is 0 Å². The van der Waals surface area contributed by atoms with E-state index in [2.05, 4.69) is 25.2 Å². The van der Waals surface area contributed by atoms with Crippen LogP contribution in [0, 0.1) is 13.8 Å². The Labute approximate surface area is 140 Å². The summed E-state index contributed by atoms with van der Waals surface area (Å²) in [6.45, 7) is 4.35. The van der Waals surface area contributed by atoms with Crippen LogP contribution in [-0.2, 0) is 10.0 Å². The molecule has 3 rings (SSSR count). The largest absolute Gasteiger partial charge is 0.367 e. The summed E-state index contributed by atoms with van der Waals surface area (Å²) in [7, 11) is -3.50. The molecule has 2 N–H and O–H groups in total. The quantitative estimate of drug-likeness (QED) is 0.649. The van der Waals surface area contributed by atoms with Crippen LogP contribution in [0.15, 0.2) is 41.3 Å². The molecule has 0 amide bonds. The molecule has 8 nitrogen and oxygen atoms in total. The zero-order valence-electron chi connectivity index (χ0n) is 13.4. The topological polar surface area (TPSA) is 101 Å². The number of hydrogen-bond acceptors (Lipinski definition) is 6. The lowest BCUT2D eigenvalue weighted by atomic mass is 10.2. The molecule has 0 atom stereocenters. The first-order chi connectivity index (χ1) is 11.4. The van der Waals surface area contributed by atoms with Crippen molar-refractivity contribution >= 4 is 21.5 Å². The van der Waals surface area contributed by atoms with E-state index in [0.29, 0.717) is 23.8 Å². The number of nitrogens with one attached hydrogen (secondary N) is 2. The molecule has 2 heterocycles. The Bertz CT molecular complexity index is 950. The number of nitrogens with zero attached hydrogens (tertiary/aromatic N) is 4. The number of hydrogen-bond donors (Lipinski definition) is 2. The SMILES string of the molecule is Cc1ccc(S(=O)(=O)NCCNc2ccc3nc(C)nn3n2)cc1. The maximum atomic E-state index is 12.2. The van der Waals surface area contributed by atoms with Gasteiger partial charge in [-0.2, -0.15) is 0 Å². The van der Waals surface area contributed by atoms with Crippen LogP contribution in [-0.4, -0.2) is 41.3 Å². The predicted molar refractivity (Wildman–Crippen MR) is 90.4 cm³/mol. The monoisotopic (exact) mass is 346 g/mol. The van der Waals surface area contributed by atoms with Gasteiger partial charge in [0.1, 0.15) is 11.6 Å². The molecule has 2 aromatic heterocycles. The second kappa shape index (κ2) is 6.54. The Morgan fingerprint density at radius 1 is 1.00 bits per heavy atom. The lowest BCUT2D eigenvalue weighted by Crippen LogP contribution is -2.29. The predicted octanol–water partition coefficient (Wildman–Crippen LogP) is 1.13. The Balaban J connectivity index is 1.56. The van der Waals surface area contributed by atoms with Gasteiger partial charge in [0, 0.05) is 13.1 Å². The maximum absolute atomic E-state index is 12.2. The van der Waals surface area contributed by atoms with Gasteiger partial charge in [0.2, 0.25) is 10.0 Å². The van der Waals surface area contributed by atoms with Crippen molar-refractivity contribution in [2.75, 3.05) is 18.4 Å². The number of anilines is 1. The first-order valence-corrected chi connectivity index (χ1v) is 8.93. The zero-order chi connectivity index (χ0) is 17.2. The van der Waals surface area contributed by atoms with Gasteiger partial charge in [-0.1, -0.05) is 17.7 Å². The van der Waals surface area contributed by atoms with Crippen LogP contribution in [0.25, 0.3) is 5.65 Å². The molecule has 0 aliphatic carbocycles. The van der Waals surface area contributed by atoms with Gasteiger partial charge in [-0.3, -0.25) is 0 Å². The highest BCUT2D eigenvalue weighted by molar-refractivity contribution is 7.89. The van der Waals surface area contributed by atoms with Crippen LogP contribution < -0.4 is 10.0 Å². The zero-order valence-corrected chi connectivity index (χ0v) is 14.2. The summed E-state index contributed by atoms with van der Waals surface area (Å²) in [6, 6.07) is 10.3. The lowest BCUT2D eigenvalue weighted by Gasteiger charge is -2.08.